The molecule has 4 heteroatoms. The summed E-state index contributed by atoms with van der Waals surface area (Å²) in [6, 6.07) is 7.28. The van der Waals surface area contributed by atoms with Crippen molar-refractivity contribution in [1.29, 1.82) is 0 Å². The number of carbonyl (C=O) groups is 1. The Morgan fingerprint density at radius 3 is 2.59 bits per heavy atom. The average molecular weight is 236 g/mol. The highest BCUT2D eigenvalue weighted by Gasteiger charge is 2.17. The van der Waals surface area contributed by atoms with Crippen molar-refractivity contribution >= 4 is 17.5 Å². The summed E-state index contributed by atoms with van der Waals surface area (Å²) in [5.74, 6) is 0.325. The Labute approximate surface area is 102 Å². The van der Waals surface area contributed by atoms with Gasteiger partial charge in [-0.3, -0.25) is 4.90 Å². The highest BCUT2D eigenvalue weighted by Crippen LogP contribution is 2.22. The second-order valence-electron chi connectivity index (χ2n) is 4.27. The second-order valence-corrected chi connectivity index (χ2v) is 4.27. The number of rotatable bonds is 4. The van der Waals surface area contributed by atoms with E-state index < -0.39 is 0 Å². The average Bonchev–Trinajstić information content (AvgIpc) is 2.30. The molecule has 0 spiro atoms. The number of nitrogens with two attached hydrogens (primary N) is 1. The first-order valence-electron chi connectivity index (χ1n) is 5.85. The molecule has 0 heterocycles. The molecule has 0 aliphatic rings. The first-order chi connectivity index (χ1) is 8.06. The maximum atomic E-state index is 11.9. The number of carbonyl (C=O) groups excluding carboxylic acids is 1. The fraction of sp³-hybridized carbons (Fsp3) is 0.462. The zero-order chi connectivity index (χ0) is 12.8. The van der Waals surface area contributed by atoms with Gasteiger partial charge in [0.05, 0.1) is 18.0 Å². The summed E-state index contributed by atoms with van der Waals surface area (Å²) in [6.07, 6.45) is -0.348. The van der Waals surface area contributed by atoms with Crippen molar-refractivity contribution in [3.8, 4) is 0 Å². The lowest BCUT2D eigenvalue weighted by atomic mass is 10.2. The van der Waals surface area contributed by atoms with Crippen LogP contribution in [-0.2, 0) is 4.74 Å². The summed E-state index contributed by atoms with van der Waals surface area (Å²) in [5.41, 5.74) is 7.12. The smallest absolute Gasteiger partial charge is 0.414 e. The van der Waals surface area contributed by atoms with E-state index in [-0.39, 0.29) is 6.09 Å². The van der Waals surface area contributed by atoms with E-state index in [9.17, 15) is 4.79 Å². The number of hydrogen-bond acceptors (Lipinski definition) is 3. The molecule has 94 valence electrons. The number of nitrogens with zero attached hydrogens (tertiary/aromatic N) is 1. The third kappa shape index (κ3) is 3.66. The van der Waals surface area contributed by atoms with Gasteiger partial charge < -0.3 is 10.5 Å². The molecular formula is C13H20N2O2. The molecule has 0 aliphatic heterocycles. The molecule has 0 radical (unpaired) electrons. The zero-order valence-electron chi connectivity index (χ0n) is 10.6. The molecule has 1 aromatic carbocycles. The molecule has 0 unspecified atom stereocenters. The summed E-state index contributed by atoms with van der Waals surface area (Å²) >= 11 is 0. The summed E-state index contributed by atoms with van der Waals surface area (Å²) < 4.78 is 5.20. The molecule has 4 nitrogen and oxygen atoms in total. The van der Waals surface area contributed by atoms with Gasteiger partial charge in [0, 0.05) is 6.54 Å². The van der Waals surface area contributed by atoms with Crippen molar-refractivity contribution < 1.29 is 9.53 Å². The first kappa shape index (κ1) is 13.4. The molecular weight excluding hydrogens is 216 g/mol. The Morgan fingerprint density at radius 2 is 2.06 bits per heavy atom. The lowest BCUT2D eigenvalue weighted by molar-refractivity contribution is 0.140. The lowest BCUT2D eigenvalue weighted by Crippen LogP contribution is -2.32. The van der Waals surface area contributed by atoms with E-state index in [0.29, 0.717) is 30.4 Å². The fourth-order valence-electron chi connectivity index (χ4n) is 1.45. The Hall–Kier alpha value is -1.71. The topological polar surface area (TPSA) is 55.6 Å². The van der Waals surface area contributed by atoms with Crippen LogP contribution in [0.2, 0.25) is 0 Å². The molecule has 1 rings (SSSR count). The number of amides is 1. The normalized spacial score (nSPS) is 10.4. The van der Waals surface area contributed by atoms with Crippen LogP contribution in [0.5, 0.6) is 0 Å². The Kier molecular flexibility index (Phi) is 4.82. The molecule has 0 atom stereocenters. The maximum Gasteiger partial charge on any atom is 0.414 e. The van der Waals surface area contributed by atoms with Crippen LogP contribution in [0.1, 0.15) is 20.8 Å². The highest BCUT2D eigenvalue weighted by atomic mass is 16.6. The maximum absolute atomic E-state index is 11.9. The predicted molar refractivity (Wildman–Crippen MR) is 70.1 cm³/mol. The van der Waals surface area contributed by atoms with Crippen molar-refractivity contribution in [3.63, 3.8) is 0 Å². The summed E-state index contributed by atoms with van der Waals surface area (Å²) in [4.78, 5) is 13.4. The van der Waals surface area contributed by atoms with Crippen molar-refractivity contribution in [3.05, 3.63) is 24.3 Å². The molecule has 17 heavy (non-hydrogen) atoms. The van der Waals surface area contributed by atoms with Gasteiger partial charge in [0.1, 0.15) is 0 Å². The van der Waals surface area contributed by atoms with E-state index >= 15 is 0 Å². The highest BCUT2D eigenvalue weighted by molar-refractivity contribution is 5.91. The zero-order valence-corrected chi connectivity index (χ0v) is 10.6. The Bertz CT molecular complexity index is 377. The molecule has 2 N–H and O–H groups in total. The van der Waals surface area contributed by atoms with Crippen LogP contribution in [0.15, 0.2) is 24.3 Å². The summed E-state index contributed by atoms with van der Waals surface area (Å²) in [6.45, 7) is 6.84. The fourth-order valence-corrected chi connectivity index (χ4v) is 1.45. The van der Waals surface area contributed by atoms with Gasteiger partial charge in [-0.05, 0) is 25.0 Å². The number of hydrogen-bond donors (Lipinski definition) is 1. The van der Waals surface area contributed by atoms with Gasteiger partial charge in [-0.25, -0.2) is 4.79 Å². The van der Waals surface area contributed by atoms with Crippen molar-refractivity contribution in [2.75, 3.05) is 23.8 Å². The van der Waals surface area contributed by atoms with Crippen molar-refractivity contribution in [1.82, 2.24) is 0 Å². The first-order valence-corrected chi connectivity index (χ1v) is 5.85. The van der Waals surface area contributed by atoms with Gasteiger partial charge in [0.2, 0.25) is 0 Å². The van der Waals surface area contributed by atoms with Crippen LogP contribution >= 0.6 is 0 Å². The minimum atomic E-state index is -0.348. The Balaban J connectivity index is 2.78. The standard InChI is InChI=1S/C13H20N2O2/c1-4-15(13(16)17-9-10(2)3)12-8-6-5-7-11(12)14/h5-8,10H,4,9,14H2,1-3H3. The number of benzene rings is 1. The van der Waals surface area contributed by atoms with Crippen LogP contribution < -0.4 is 10.6 Å². The van der Waals surface area contributed by atoms with E-state index in [1.807, 2.05) is 39.0 Å². The molecule has 0 bridgehead atoms. The molecule has 1 aromatic rings. The number of para-hydroxylation sites is 2. The number of ether oxygens (including phenoxy) is 1. The van der Waals surface area contributed by atoms with Gasteiger partial charge in [0.15, 0.2) is 0 Å². The van der Waals surface area contributed by atoms with E-state index in [2.05, 4.69) is 0 Å². The van der Waals surface area contributed by atoms with Gasteiger partial charge in [-0.15, -0.1) is 0 Å². The lowest BCUT2D eigenvalue weighted by Gasteiger charge is -2.22. The van der Waals surface area contributed by atoms with E-state index in [4.69, 9.17) is 10.5 Å². The molecule has 1 amide bonds. The number of anilines is 2. The Morgan fingerprint density at radius 1 is 1.41 bits per heavy atom. The van der Waals surface area contributed by atoms with Crippen LogP contribution in [0.3, 0.4) is 0 Å². The molecule has 0 aromatic heterocycles. The summed E-state index contributed by atoms with van der Waals surface area (Å²) in [5, 5.41) is 0. The van der Waals surface area contributed by atoms with Crippen LogP contribution in [0.25, 0.3) is 0 Å². The number of nitrogen functional groups attached to an aromatic ring is 1. The van der Waals surface area contributed by atoms with Crippen molar-refractivity contribution in [2.45, 2.75) is 20.8 Å². The van der Waals surface area contributed by atoms with Gasteiger partial charge in [0.25, 0.3) is 0 Å². The second kappa shape index (κ2) is 6.13. The molecule has 0 saturated heterocycles. The van der Waals surface area contributed by atoms with Crippen LogP contribution in [0, 0.1) is 5.92 Å². The molecule has 0 fully saturated rings. The van der Waals surface area contributed by atoms with Gasteiger partial charge >= 0.3 is 6.09 Å². The van der Waals surface area contributed by atoms with Gasteiger partial charge in [-0.2, -0.15) is 0 Å². The quantitative estimate of drug-likeness (QED) is 0.818. The third-order valence-electron chi connectivity index (χ3n) is 2.30. The third-order valence-corrected chi connectivity index (χ3v) is 2.30. The largest absolute Gasteiger partial charge is 0.449 e. The van der Waals surface area contributed by atoms with E-state index in [0.717, 1.165) is 0 Å². The van der Waals surface area contributed by atoms with Crippen LogP contribution in [-0.4, -0.2) is 19.2 Å². The minimum absolute atomic E-state index is 0.325. The van der Waals surface area contributed by atoms with Crippen molar-refractivity contribution in [2.24, 2.45) is 5.92 Å². The van der Waals surface area contributed by atoms with Gasteiger partial charge in [-0.1, -0.05) is 26.0 Å². The van der Waals surface area contributed by atoms with E-state index in [1.165, 1.54) is 4.90 Å². The monoisotopic (exact) mass is 236 g/mol. The molecule has 0 aliphatic carbocycles. The van der Waals surface area contributed by atoms with E-state index in [1.54, 1.807) is 6.07 Å². The molecule has 0 saturated carbocycles. The summed E-state index contributed by atoms with van der Waals surface area (Å²) in [7, 11) is 0. The minimum Gasteiger partial charge on any atom is -0.449 e. The predicted octanol–water partition coefficient (Wildman–Crippen LogP) is 2.89. The van der Waals surface area contributed by atoms with Crippen LogP contribution in [0.4, 0.5) is 16.2 Å². The SMILES string of the molecule is CCN(C(=O)OCC(C)C)c1ccccc1N.